The summed E-state index contributed by atoms with van der Waals surface area (Å²) in [6, 6.07) is 4.07. The molecule has 0 aromatic heterocycles. The quantitative estimate of drug-likeness (QED) is 0.880. The molecule has 6 heteroatoms. The number of hydrogen-bond acceptors (Lipinski definition) is 5. The second kappa shape index (κ2) is 7.26. The highest BCUT2D eigenvalue weighted by atomic mass is 79.9. The molecule has 1 N–H and O–H groups in total. The van der Waals surface area contributed by atoms with E-state index < -0.39 is 0 Å². The number of rotatable bonds is 5. The number of nitrogens with zero attached hydrogens (tertiary/aromatic N) is 2. The molecular weight excluding hydrogens is 322 g/mol. The van der Waals surface area contributed by atoms with Gasteiger partial charge in [-0.3, -0.25) is 5.43 Å². The first-order chi connectivity index (χ1) is 9.63. The number of piperazine rings is 1. The molecule has 112 valence electrons. The molecule has 1 aromatic rings. The van der Waals surface area contributed by atoms with E-state index in [2.05, 4.69) is 44.4 Å². The van der Waals surface area contributed by atoms with E-state index >= 15 is 0 Å². The number of ether oxygens (including phenoxy) is 2. The number of halogens is 1. The zero-order valence-corrected chi connectivity index (χ0v) is 13.9. The Labute approximate surface area is 128 Å². The molecule has 0 aliphatic carbocycles. The highest BCUT2D eigenvalue weighted by molar-refractivity contribution is 9.10. The minimum Gasteiger partial charge on any atom is -0.493 e. The lowest BCUT2D eigenvalue weighted by Crippen LogP contribution is -2.50. The van der Waals surface area contributed by atoms with Gasteiger partial charge in [-0.1, -0.05) is 0 Å². The number of benzene rings is 1. The first-order valence-corrected chi connectivity index (χ1v) is 7.50. The first kappa shape index (κ1) is 15.6. The summed E-state index contributed by atoms with van der Waals surface area (Å²) in [5.41, 5.74) is 4.62. The number of nitrogens with one attached hydrogen (secondary N) is 1. The van der Waals surface area contributed by atoms with E-state index in [1.807, 2.05) is 6.07 Å². The lowest BCUT2D eigenvalue weighted by atomic mass is 10.2. The van der Waals surface area contributed by atoms with Crippen LogP contribution in [0.5, 0.6) is 11.5 Å². The number of hydrazine groups is 1. The molecule has 1 fully saturated rings. The Balaban J connectivity index is 1.97. The van der Waals surface area contributed by atoms with E-state index in [1.54, 1.807) is 14.2 Å². The normalized spacial score (nSPS) is 17.2. The lowest BCUT2D eigenvalue weighted by Gasteiger charge is -2.32. The predicted octanol–water partition coefficient (Wildman–Crippen LogP) is 1.72. The van der Waals surface area contributed by atoms with Crippen molar-refractivity contribution in [3.8, 4) is 11.5 Å². The molecule has 1 aliphatic heterocycles. The predicted molar refractivity (Wildman–Crippen MR) is 83.2 cm³/mol. The van der Waals surface area contributed by atoms with Crippen LogP contribution in [0.4, 0.5) is 0 Å². The molecule has 1 heterocycles. The Bertz CT molecular complexity index is 448. The van der Waals surface area contributed by atoms with Crippen molar-refractivity contribution < 1.29 is 9.47 Å². The molecule has 1 aliphatic rings. The average molecular weight is 344 g/mol. The Morgan fingerprint density at radius 2 is 1.85 bits per heavy atom. The summed E-state index contributed by atoms with van der Waals surface area (Å²) in [5.74, 6) is 1.48. The van der Waals surface area contributed by atoms with E-state index in [0.717, 1.165) is 54.3 Å². The monoisotopic (exact) mass is 343 g/mol. The van der Waals surface area contributed by atoms with Crippen LogP contribution in [0.1, 0.15) is 5.56 Å². The van der Waals surface area contributed by atoms with E-state index in [0.29, 0.717) is 0 Å². The van der Waals surface area contributed by atoms with Crippen LogP contribution in [0, 0.1) is 0 Å². The fourth-order valence-corrected chi connectivity index (χ4v) is 2.89. The van der Waals surface area contributed by atoms with Crippen LogP contribution in [0.2, 0.25) is 0 Å². The van der Waals surface area contributed by atoms with Crippen LogP contribution in [0.3, 0.4) is 0 Å². The third kappa shape index (κ3) is 3.85. The summed E-state index contributed by atoms with van der Waals surface area (Å²) in [6.45, 7) is 5.07. The Kier molecular flexibility index (Phi) is 5.65. The summed E-state index contributed by atoms with van der Waals surface area (Å²) in [7, 11) is 5.45. The van der Waals surface area contributed by atoms with Crippen LogP contribution in [-0.2, 0) is 6.54 Å². The van der Waals surface area contributed by atoms with Crippen molar-refractivity contribution in [3.05, 3.63) is 22.2 Å². The minimum absolute atomic E-state index is 0.732. The van der Waals surface area contributed by atoms with Crippen LogP contribution >= 0.6 is 15.9 Å². The summed E-state index contributed by atoms with van der Waals surface area (Å²) in [5, 5.41) is 2.27. The third-order valence-corrected chi connectivity index (χ3v) is 4.09. The highest BCUT2D eigenvalue weighted by Crippen LogP contribution is 2.36. The van der Waals surface area contributed by atoms with Crippen LogP contribution in [-0.4, -0.2) is 57.4 Å². The molecule has 2 rings (SSSR count). The molecule has 0 amide bonds. The molecule has 20 heavy (non-hydrogen) atoms. The van der Waals surface area contributed by atoms with Gasteiger partial charge < -0.3 is 14.4 Å². The van der Waals surface area contributed by atoms with Crippen molar-refractivity contribution in [2.24, 2.45) is 0 Å². The molecule has 0 spiro atoms. The molecule has 0 saturated carbocycles. The molecule has 1 saturated heterocycles. The van der Waals surface area contributed by atoms with Gasteiger partial charge in [0.25, 0.3) is 0 Å². The second-order valence-corrected chi connectivity index (χ2v) is 5.79. The topological polar surface area (TPSA) is 37.0 Å². The van der Waals surface area contributed by atoms with E-state index in [9.17, 15) is 0 Å². The standard InChI is InChI=1S/C14H22BrN3O2/c1-17-4-6-18(7-5-17)16-10-11-8-12(15)14(20-3)13(9-11)19-2/h8-9,16H,4-7,10H2,1-3H3. The maximum Gasteiger partial charge on any atom is 0.174 e. The van der Waals surface area contributed by atoms with Crippen LogP contribution in [0.25, 0.3) is 0 Å². The molecule has 0 radical (unpaired) electrons. The van der Waals surface area contributed by atoms with Gasteiger partial charge in [0.1, 0.15) is 0 Å². The van der Waals surface area contributed by atoms with Gasteiger partial charge in [-0.15, -0.1) is 0 Å². The molecular formula is C14H22BrN3O2. The average Bonchev–Trinajstić information content (AvgIpc) is 2.46. The van der Waals surface area contributed by atoms with Crippen molar-refractivity contribution in [1.29, 1.82) is 0 Å². The largest absolute Gasteiger partial charge is 0.493 e. The van der Waals surface area contributed by atoms with Gasteiger partial charge in [0, 0.05) is 32.7 Å². The Hall–Kier alpha value is -0.820. The maximum atomic E-state index is 5.36. The van der Waals surface area contributed by atoms with Crippen LogP contribution < -0.4 is 14.9 Å². The lowest BCUT2D eigenvalue weighted by molar-refractivity contribution is 0.102. The van der Waals surface area contributed by atoms with Gasteiger partial charge >= 0.3 is 0 Å². The fourth-order valence-electron chi connectivity index (χ4n) is 2.24. The van der Waals surface area contributed by atoms with Crippen molar-refractivity contribution in [2.45, 2.75) is 6.54 Å². The molecule has 0 unspecified atom stereocenters. The molecule has 5 nitrogen and oxygen atoms in total. The summed E-state index contributed by atoms with van der Waals surface area (Å²) >= 11 is 3.52. The fraction of sp³-hybridized carbons (Fsp3) is 0.571. The highest BCUT2D eigenvalue weighted by Gasteiger charge is 2.14. The molecule has 0 bridgehead atoms. The number of hydrogen-bond donors (Lipinski definition) is 1. The summed E-state index contributed by atoms with van der Waals surface area (Å²) < 4.78 is 11.6. The smallest absolute Gasteiger partial charge is 0.174 e. The van der Waals surface area contributed by atoms with Gasteiger partial charge in [0.15, 0.2) is 11.5 Å². The van der Waals surface area contributed by atoms with Crippen molar-refractivity contribution in [1.82, 2.24) is 15.3 Å². The minimum atomic E-state index is 0.732. The van der Waals surface area contributed by atoms with E-state index in [4.69, 9.17) is 9.47 Å². The van der Waals surface area contributed by atoms with Gasteiger partial charge in [-0.2, -0.15) is 0 Å². The van der Waals surface area contributed by atoms with Crippen molar-refractivity contribution in [3.63, 3.8) is 0 Å². The van der Waals surface area contributed by atoms with Crippen molar-refractivity contribution in [2.75, 3.05) is 47.4 Å². The van der Waals surface area contributed by atoms with Crippen LogP contribution in [0.15, 0.2) is 16.6 Å². The Morgan fingerprint density at radius 1 is 1.15 bits per heavy atom. The van der Waals surface area contributed by atoms with Gasteiger partial charge in [-0.25, -0.2) is 5.01 Å². The van der Waals surface area contributed by atoms with Crippen molar-refractivity contribution >= 4 is 15.9 Å². The molecule has 1 aromatic carbocycles. The van der Waals surface area contributed by atoms with Gasteiger partial charge in [-0.05, 0) is 40.7 Å². The molecule has 0 atom stereocenters. The van der Waals surface area contributed by atoms with E-state index in [-0.39, 0.29) is 0 Å². The zero-order valence-electron chi connectivity index (χ0n) is 12.3. The summed E-state index contributed by atoms with van der Waals surface area (Å²) in [4.78, 5) is 2.34. The summed E-state index contributed by atoms with van der Waals surface area (Å²) in [6.07, 6.45) is 0. The first-order valence-electron chi connectivity index (χ1n) is 6.71. The van der Waals surface area contributed by atoms with Gasteiger partial charge in [0.2, 0.25) is 0 Å². The SMILES string of the molecule is COc1cc(CNN2CCN(C)CC2)cc(Br)c1OC. The second-order valence-electron chi connectivity index (χ2n) is 4.94. The third-order valence-electron chi connectivity index (χ3n) is 3.50. The maximum absolute atomic E-state index is 5.36. The van der Waals surface area contributed by atoms with Gasteiger partial charge in [0.05, 0.1) is 18.7 Å². The Morgan fingerprint density at radius 3 is 2.45 bits per heavy atom. The number of methoxy groups -OCH3 is 2. The van der Waals surface area contributed by atoms with E-state index in [1.165, 1.54) is 0 Å². The number of likely N-dealkylation sites (N-methyl/N-ethyl adjacent to an activating group) is 1. The zero-order chi connectivity index (χ0) is 14.5.